The van der Waals surface area contributed by atoms with Gasteiger partial charge in [0, 0.05) is 31.9 Å². The first-order valence-corrected chi connectivity index (χ1v) is 7.39. The summed E-state index contributed by atoms with van der Waals surface area (Å²) in [5, 5.41) is 11.8. The first kappa shape index (κ1) is 16.8. The minimum absolute atomic E-state index is 0.194. The zero-order valence-electron chi connectivity index (χ0n) is 13.3. The van der Waals surface area contributed by atoms with E-state index < -0.39 is 0 Å². The smallest absolute Gasteiger partial charge is 0.321 e. The quantitative estimate of drug-likeness (QED) is 0.847. The molecule has 1 heterocycles. The lowest BCUT2D eigenvalue weighted by molar-refractivity contribution is -0.142. The zero-order chi connectivity index (χ0) is 16.8. The van der Waals surface area contributed by atoms with Crippen LogP contribution in [-0.2, 0) is 9.53 Å². The van der Waals surface area contributed by atoms with Crippen LogP contribution in [0.5, 0.6) is 0 Å². The molecule has 1 fully saturated rings. The number of methoxy groups -OCH3 is 1. The second-order valence-electron chi connectivity index (χ2n) is 5.41. The maximum Gasteiger partial charge on any atom is 0.321 e. The molecule has 7 nitrogen and oxygen atoms in total. The third-order valence-corrected chi connectivity index (χ3v) is 3.85. The van der Waals surface area contributed by atoms with Crippen LogP contribution in [0.4, 0.5) is 10.5 Å². The SMILES string of the molecule is COC(=O)CN1CCN(C(=O)Nc2cc(C#N)ccc2C)CC1. The summed E-state index contributed by atoms with van der Waals surface area (Å²) in [5.74, 6) is -0.271. The molecule has 0 bridgehead atoms. The molecule has 0 atom stereocenters. The molecule has 0 saturated carbocycles. The average Bonchev–Trinajstić information content (AvgIpc) is 2.57. The van der Waals surface area contributed by atoms with E-state index in [1.807, 2.05) is 17.9 Å². The van der Waals surface area contributed by atoms with Crippen molar-refractivity contribution in [3.05, 3.63) is 29.3 Å². The number of esters is 1. The molecule has 1 saturated heterocycles. The van der Waals surface area contributed by atoms with Crippen LogP contribution in [0.25, 0.3) is 0 Å². The molecule has 1 aromatic rings. The van der Waals surface area contributed by atoms with Crippen molar-refractivity contribution >= 4 is 17.7 Å². The summed E-state index contributed by atoms with van der Waals surface area (Å²) in [6.45, 7) is 4.46. The number of aryl methyl sites for hydroxylation is 1. The number of hydrogen-bond donors (Lipinski definition) is 1. The van der Waals surface area contributed by atoms with Crippen LogP contribution in [0.1, 0.15) is 11.1 Å². The van der Waals surface area contributed by atoms with E-state index in [1.165, 1.54) is 7.11 Å². The Morgan fingerprint density at radius 2 is 2.00 bits per heavy atom. The van der Waals surface area contributed by atoms with Gasteiger partial charge in [-0.15, -0.1) is 0 Å². The standard InChI is InChI=1S/C16H20N4O3/c1-12-3-4-13(10-17)9-14(12)18-16(22)20-7-5-19(6-8-20)11-15(21)23-2/h3-4,9H,5-8,11H2,1-2H3,(H,18,22). The van der Waals surface area contributed by atoms with Crippen molar-refractivity contribution in [3.63, 3.8) is 0 Å². The van der Waals surface area contributed by atoms with Gasteiger partial charge in [-0.05, 0) is 24.6 Å². The van der Waals surface area contributed by atoms with Crippen molar-refractivity contribution in [1.82, 2.24) is 9.80 Å². The molecule has 1 N–H and O–H groups in total. The number of anilines is 1. The summed E-state index contributed by atoms with van der Waals surface area (Å²) in [4.78, 5) is 27.2. The van der Waals surface area contributed by atoms with E-state index in [-0.39, 0.29) is 18.5 Å². The van der Waals surface area contributed by atoms with E-state index >= 15 is 0 Å². The predicted octanol–water partition coefficient (Wildman–Crippen LogP) is 1.19. The van der Waals surface area contributed by atoms with Gasteiger partial charge in [0.25, 0.3) is 0 Å². The van der Waals surface area contributed by atoms with E-state index in [9.17, 15) is 9.59 Å². The molecule has 1 aliphatic heterocycles. The molecular formula is C16H20N4O3. The van der Waals surface area contributed by atoms with E-state index in [1.54, 1.807) is 17.0 Å². The number of nitrogens with one attached hydrogen (secondary N) is 1. The van der Waals surface area contributed by atoms with Gasteiger partial charge in [-0.3, -0.25) is 9.69 Å². The second kappa shape index (κ2) is 7.61. The Kier molecular flexibility index (Phi) is 5.55. The molecule has 0 radical (unpaired) electrons. The Morgan fingerprint density at radius 1 is 1.30 bits per heavy atom. The lowest BCUT2D eigenvalue weighted by Gasteiger charge is -2.34. The number of carbonyl (C=O) groups is 2. The second-order valence-corrected chi connectivity index (χ2v) is 5.41. The number of nitrogens with zero attached hydrogens (tertiary/aromatic N) is 3. The highest BCUT2D eigenvalue weighted by molar-refractivity contribution is 5.90. The Hall–Kier alpha value is -2.59. The Labute approximate surface area is 135 Å². The van der Waals surface area contributed by atoms with Crippen LogP contribution in [-0.4, -0.2) is 61.6 Å². The third-order valence-electron chi connectivity index (χ3n) is 3.85. The van der Waals surface area contributed by atoms with E-state index in [0.29, 0.717) is 37.4 Å². The van der Waals surface area contributed by atoms with E-state index in [4.69, 9.17) is 5.26 Å². The number of amides is 2. The molecule has 0 spiro atoms. The number of rotatable bonds is 3. The maximum atomic E-state index is 12.3. The largest absolute Gasteiger partial charge is 0.468 e. The van der Waals surface area contributed by atoms with Crippen molar-refractivity contribution in [1.29, 1.82) is 5.26 Å². The summed E-state index contributed by atoms with van der Waals surface area (Å²) < 4.78 is 4.64. The topological polar surface area (TPSA) is 85.7 Å². The molecule has 7 heteroatoms. The molecule has 0 unspecified atom stereocenters. The van der Waals surface area contributed by atoms with Crippen molar-refractivity contribution < 1.29 is 14.3 Å². The van der Waals surface area contributed by atoms with E-state index in [2.05, 4.69) is 16.1 Å². The summed E-state index contributed by atoms with van der Waals surface area (Å²) >= 11 is 0. The van der Waals surface area contributed by atoms with Crippen molar-refractivity contribution in [2.24, 2.45) is 0 Å². The van der Waals surface area contributed by atoms with Crippen molar-refractivity contribution in [3.8, 4) is 6.07 Å². The molecule has 0 aromatic heterocycles. The maximum absolute atomic E-state index is 12.3. The monoisotopic (exact) mass is 316 g/mol. The van der Waals surface area contributed by atoms with Gasteiger partial charge in [0.15, 0.2) is 0 Å². The lowest BCUT2D eigenvalue weighted by Crippen LogP contribution is -2.51. The number of nitriles is 1. The van der Waals surface area contributed by atoms with Crippen LogP contribution in [0.15, 0.2) is 18.2 Å². The number of hydrogen-bond acceptors (Lipinski definition) is 5. The van der Waals surface area contributed by atoms with Gasteiger partial charge in [0.05, 0.1) is 25.3 Å². The molecular weight excluding hydrogens is 296 g/mol. The normalized spacial score (nSPS) is 14.9. The first-order chi connectivity index (χ1) is 11.0. The van der Waals surface area contributed by atoms with Gasteiger partial charge in [0.1, 0.15) is 0 Å². The van der Waals surface area contributed by atoms with Crippen LogP contribution in [0.3, 0.4) is 0 Å². The fraction of sp³-hybridized carbons (Fsp3) is 0.438. The minimum Gasteiger partial charge on any atom is -0.468 e. The van der Waals surface area contributed by atoms with Crippen molar-refractivity contribution in [2.75, 3.05) is 45.2 Å². The molecule has 0 aliphatic carbocycles. The number of ether oxygens (including phenoxy) is 1. The fourth-order valence-corrected chi connectivity index (χ4v) is 2.38. The summed E-state index contributed by atoms with van der Waals surface area (Å²) in [6.07, 6.45) is 0. The first-order valence-electron chi connectivity index (χ1n) is 7.39. The Balaban J connectivity index is 1.91. The number of urea groups is 1. The molecule has 1 aliphatic rings. The molecule has 122 valence electrons. The Morgan fingerprint density at radius 3 is 2.61 bits per heavy atom. The molecule has 2 amide bonds. The van der Waals surface area contributed by atoms with Gasteiger partial charge in [-0.1, -0.05) is 6.07 Å². The van der Waals surface area contributed by atoms with Crippen LogP contribution >= 0.6 is 0 Å². The third kappa shape index (κ3) is 4.44. The van der Waals surface area contributed by atoms with Crippen LogP contribution < -0.4 is 5.32 Å². The van der Waals surface area contributed by atoms with Gasteiger partial charge in [-0.2, -0.15) is 5.26 Å². The molecule has 2 rings (SSSR count). The van der Waals surface area contributed by atoms with Crippen LogP contribution in [0.2, 0.25) is 0 Å². The van der Waals surface area contributed by atoms with Gasteiger partial charge >= 0.3 is 12.0 Å². The highest BCUT2D eigenvalue weighted by Crippen LogP contribution is 2.17. The Bertz CT molecular complexity index is 631. The summed E-state index contributed by atoms with van der Waals surface area (Å²) in [7, 11) is 1.36. The zero-order valence-corrected chi connectivity index (χ0v) is 13.3. The number of carbonyl (C=O) groups excluding carboxylic acids is 2. The molecule has 1 aromatic carbocycles. The minimum atomic E-state index is -0.271. The number of piperazine rings is 1. The van der Waals surface area contributed by atoms with Gasteiger partial charge in [-0.25, -0.2) is 4.79 Å². The van der Waals surface area contributed by atoms with E-state index in [0.717, 1.165) is 5.56 Å². The molecule has 23 heavy (non-hydrogen) atoms. The average molecular weight is 316 g/mol. The van der Waals surface area contributed by atoms with Gasteiger partial charge in [0.2, 0.25) is 0 Å². The van der Waals surface area contributed by atoms with Crippen LogP contribution in [0, 0.1) is 18.3 Å². The summed E-state index contributed by atoms with van der Waals surface area (Å²) in [5.41, 5.74) is 2.06. The fourth-order valence-electron chi connectivity index (χ4n) is 2.38. The van der Waals surface area contributed by atoms with Crippen molar-refractivity contribution in [2.45, 2.75) is 6.92 Å². The van der Waals surface area contributed by atoms with Gasteiger partial charge < -0.3 is 15.0 Å². The number of benzene rings is 1. The summed E-state index contributed by atoms with van der Waals surface area (Å²) in [6, 6.07) is 7.06. The highest BCUT2D eigenvalue weighted by atomic mass is 16.5. The highest BCUT2D eigenvalue weighted by Gasteiger charge is 2.22. The predicted molar refractivity (Wildman–Crippen MR) is 84.9 cm³/mol. The lowest BCUT2D eigenvalue weighted by atomic mass is 10.1.